The van der Waals surface area contributed by atoms with E-state index in [1.54, 1.807) is 0 Å². The molecule has 0 aliphatic carbocycles. The molecule has 1 unspecified atom stereocenters. The third kappa shape index (κ3) is 4.29. The maximum absolute atomic E-state index is 14.3. The minimum atomic E-state index is -2.14. The minimum Gasteiger partial charge on any atom is -0.358 e. The topological polar surface area (TPSA) is 65.0 Å². The molecule has 0 aromatic heterocycles. The van der Waals surface area contributed by atoms with Gasteiger partial charge in [-0.05, 0) is 24.3 Å². The lowest BCUT2D eigenvalue weighted by molar-refractivity contribution is -0.119. The molecular formula is C18H13Cl3F2N4O2. The van der Waals surface area contributed by atoms with Gasteiger partial charge < -0.3 is 5.32 Å². The molecule has 2 aromatic rings. The zero-order valence-corrected chi connectivity index (χ0v) is 17.0. The molecule has 1 aliphatic rings. The van der Waals surface area contributed by atoms with Gasteiger partial charge in [-0.15, -0.1) is 0 Å². The normalized spacial score (nSPS) is 17.2. The van der Waals surface area contributed by atoms with Crippen molar-refractivity contribution < 1.29 is 18.4 Å². The van der Waals surface area contributed by atoms with Gasteiger partial charge in [-0.3, -0.25) is 9.69 Å². The number of aliphatic imine (C=N–C) groups is 1. The van der Waals surface area contributed by atoms with E-state index < -0.39 is 39.4 Å². The Balaban J connectivity index is 2.09. The van der Waals surface area contributed by atoms with Gasteiger partial charge in [0, 0.05) is 7.05 Å². The summed E-state index contributed by atoms with van der Waals surface area (Å²) in [6, 6.07) is 10.0. The van der Waals surface area contributed by atoms with E-state index in [-0.39, 0.29) is 11.4 Å². The number of halogens is 5. The van der Waals surface area contributed by atoms with Crippen LogP contribution in [0, 0.1) is 11.6 Å². The number of nitrogens with one attached hydrogen (secondary N) is 1. The van der Waals surface area contributed by atoms with Gasteiger partial charge in [-0.1, -0.05) is 59.1 Å². The third-order valence-electron chi connectivity index (χ3n) is 4.01. The zero-order valence-electron chi connectivity index (χ0n) is 14.7. The fraction of sp³-hybridized carbons (Fsp3) is 0.167. The molecule has 0 saturated carbocycles. The number of alkyl halides is 3. The number of nitrogens with zero attached hydrogens (tertiary/aromatic N) is 3. The standard InChI is InChI=1S/C18H13Cl3F2N4O2/c1-26-15(28)14(27(17(26)29)13-9-5-3-7-11(13)23)25-16(18(19,20)21)24-12-8-4-2-6-10(12)22/h2-9,16,24H,1H3. The maximum atomic E-state index is 14.3. The van der Waals surface area contributed by atoms with Crippen LogP contribution in [0.15, 0.2) is 53.5 Å². The number of benzene rings is 2. The Morgan fingerprint density at radius 1 is 1.00 bits per heavy atom. The molecule has 1 atom stereocenters. The van der Waals surface area contributed by atoms with Gasteiger partial charge in [0.15, 0.2) is 6.17 Å². The summed E-state index contributed by atoms with van der Waals surface area (Å²) in [5.74, 6) is -2.73. The van der Waals surface area contributed by atoms with Gasteiger partial charge in [0.1, 0.15) is 11.6 Å². The lowest BCUT2D eigenvalue weighted by Crippen LogP contribution is -2.38. The van der Waals surface area contributed by atoms with Crippen LogP contribution in [0.1, 0.15) is 0 Å². The highest BCUT2D eigenvalue weighted by Crippen LogP contribution is 2.35. The van der Waals surface area contributed by atoms with Crippen molar-refractivity contribution in [1.82, 2.24) is 4.90 Å². The van der Waals surface area contributed by atoms with Crippen molar-refractivity contribution in [3.63, 3.8) is 0 Å². The van der Waals surface area contributed by atoms with Crippen LogP contribution < -0.4 is 10.2 Å². The molecule has 0 spiro atoms. The number of carbonyl (C=O) groups excluding carboxylic acids is 2. The predicted octanol–water partition coefficient (Wildman–Crippen LogP) is 4.57. The van der Waals surface area contributed by atoms with Crippen LogP contribution in [-0.2, 0) is 4.79 Å². The summed E-state index contributed by atoms with van der Waals surface area (Å²) in [5.41, 5.74) is -0.251. The van der Waals surface area contributed by atoms with Crippen molar-refractivity contribution in [2.24, 2.45) is 4.99 Å². The summed E-state index contributed by atoms with van der Waals surface area (Å²) in [6.45, 7) is 0. The van der Waals surface area contributed by atoms with E-state index in [4.69, 9.17) is 34.8 Å². The van der Waals surface area contributed by atoms with E-state index in [0.29, 0.717) is 0 Å². The molecule has 0 bridgehead atoms. The SMILES string of the molecule is CN1C(=O)C(=NC(Nc2ccccc2F)C(Cl)(Cl)Cl)N(c2ccccc2F)C1=O. The highest BCUT2D eigenvalue weighted by Gasteiger charge is 2.44. The summed E-state index contributed by atoms with van der Waals surface area (Å²) in [4.78, 5) is 30.7. The van der Waals surface area contributed by atoms with Gasteiger partial charge >= 0.3 is 6.03 Å². The van der Waals surface area contributed by atoms with Crippen molar-refractivity contribution in [2.45, 2.75) is 9.96 Å². The molecule has 1 fully saturated rings. The molecule has 1 N–H and O–H groups in total. The largest absolute Gasteiger partial charge is 0.358 e. The predicted molar refractivity (Wildman–Crippen MR) is 109 cm³/mol. The van der Waals surface area contributed by atoms with E-state index in [0.717, 1.165) is 15.9 Å². The second-order valence-corrected chi connectivity index (χ2v) is 8.32. The Bertz CT molecular complexity index is 997. The lowest BCUT2D eigenvalue weighted by Gasteiger charge is -2.24. The summed E-state index contributed by atoms with van der Waals surface area (Å²) in [7, 11) is 1.20. The van der Waals surface area contributed by atoms with E-state index in [9.17, 15) is 18.4 Å². The van der Waals surface area contributed by atoms with Gasteiger partial charge in [0.25, 0.3) is 5.91 Å². The Morgan fingerprint density at radius 2 is 1.59 bits per heavy atom. The average Bonchev–Trinajstić information content (AvgIpc) is 2.86. The van der Waals surface area contributed by atoms with Crippen molar-refractivity contribution in [3.05, 3.63) is 60.2 Å². The van der Waals surface area contributed by atoms with Crippen molar-refractivity contribution in [2.75, 3.05) is 17.3 Å². The monoisotopic (exact) mass is 460 g/mol. The quantitative estimate of drug-likeness (QED) is 0.536. The van der Waals surface area contributed by atoms with Crippen LogP contribution >= 0.6 is 34.8 Å². The molecule has 1 aliphatic heterocycles. The second-order valence-electron chi connectivity index (χ2n) is 5.95. The molecule has 11 heteroatoms. The number of anilines is 2. The Kier molecular flexibility index (Phi) is 5.97. The highest BCUT2D eigenvalue weighted by molar-refractivity contribution is 6.68. The number of likely N-dealkylation sites (N-methyl/N-ethyl adjacent to an activating group) is 1. The fourth-order valence-electron chi connectivity index (χ4n) is 2.57. The van der Waals surface area contributed by atoms with Crippen LogP contribution in [0.3, 0.4) is 0 Å². The van der Waals surface area contributed by atoms with E-state index in [1.165, 1.54) is 49.5 Å². The number of urea groups is 1. The van der Waals surface area contributed by atoms with Crippen LogP contribution in [0.4, 0.5) is 25.0 Å². The summed E-state index contributed by atoms with van der Waals surface area (Å²) in [6.07, 6.45) is -1.48. The van der Waals surface area contributed by atoms with Gasteiger partial charge in [-0.2, -0.15) is 0 Å². The molecule has 6 nitrogen and oxygen atoms in total. The van der Waals surface area contributed by atoms with Crippen LogP contribution in [-0.4, -0.2) is 39.7 Å². The summed E-state index contributed by atoms with van der Waals surface area (Å²) in [5, 5.41) is 2.59. The Hall–Kier alpha value is -2.42. The number of rotatable bonds is 4. The van der Waals surface area contributed by atoms with E-state index >= 15 is 0 Å². The lowest BCUT2D eigenvalue weighted by atomic mass is 10.2. The fourth-order valence-corrected chi connectivity index (χ4v) is 2.88. The molecule has 0 radical (unpaired) electrons. The number of amides is 3. The number of hydrogen-bond acceptors (Lipinski definition) is 4. The first kappa shape index (κ1) is 21.3. The van der Waals surface area contributed by atoms with Crippen molar-refractivity contribution >= 4 is 64.0 Å². The average molecular weight is 462 g/mol. The molecule has 3 rings (SSSR count). The number of imide groups is 1. The first-order chi connectivity index (χ1) is 13.6. The summed E-state index contributed by atoms with van der Waals surface area (Å²) >= 11 is 17.9. The van der Waals surface area contributed by atoms with Gasteiger partial charge in [0.2, 0.25) is 9.63 Å². The number of para-hydroxylation sites is 2. The van der Waals surface area contributed by atoms with Gasteiger partial charge in [0.05, 0.1) is 11.4 Å². The molecule has 1 saturated heterocycles. The molecule has 152 valence electrons. The molecular weight excluding hydrogens is 449 g/mol. The first-order valence-electron chi connectivity index (χ1n) is 8.13. The van der Waals surface area contributed by atoms with E-state index in [1.807, 2.05) is 0 Å². The Morgan fingerprint density at radius 3 is 2.17 bits per heavy atom. The third-order valence-corrected chi connectivity index (χ3v) is 4.63. The maximum Gasteiger partial charge on any atom is 0.337 e. The van der Waals surface area contributed by atoms with Crippen LogP contribution in [0.5, 0.6) is 0 Å². The number of amidine groups is 1. The molecule has 3 amide bonds. The number of hydrogen-bond donors (Lipinski definition) is 1. The van der Waals surface area contributed by atoms with Crippen molar-refractivity contribution in [3.8, 4) is 0 Å². The molecule has 29 heavy (non-hydrogen) atoms. The molecule has 2 aromatic carbocycles. The van der Waals surface area contributed by atoms with E-state index in [2.05, 4.69) is 10.3 Å². The van der Waals surface area contributed by atoms with Crippen molar-refractivity contribution in [1.29, 1.82) is 0 Å². The Labute approximate surface area is 179 Å². The van der Waals surface area contributed by atoms with Gasteiger partial charge in [-0.25, -0.2) is 23.5 Å². The van der Waals surface area contributed by atoms with Crippen LogP contribution in [0.2, 0.25) is 0 Å². The highest BCUT2D eigenvalue weighted by atomic mass is 35.6. The summed E-state index contributed by atoms with van der Waals surface area (Å²) < 4.78 is 26.2. The molecule has 1 heterocycles. The van der Waals surface area contributed by atoms with Crippen LogP contribution in [0.25, 0.3) is 0 Å². The number of carbonyl (C=O) groups is 2. The minimum absolute atomic E-state index is 0.0456. The first-order valence-corrected chi connectivity index (χ1v) is 9.27. The second kappa shape index (κ2) is 8.14. The smallest absolute Gasteiger partial charge is 0.337 e. The zero-order chi connectivity index (χ0) is 21.3.